The van der Waals surface area contributed by atoms with Gasteiger partial charge in [-0.1, -0.05) is 54.1 Å². The number of amides is 1. The molecule has 1 aromatic heterocycles. The van der Waals surface area contributed by atoms with E-state index in [0.717, 1.165) is 16.1 Å². The Hall–Kier alpha value is -2.70. The highest BCUT2D eigenvalue weighted by Crippen LogP contribution is 2.29. The molecule has 3 aromatic rings. The van der Waals surface area contributed by atoms with Crippen LogP contribution in [0.25, 0.3) is 10.6 Å². The van der Waals surface area contributed by atoms with Crippen molar-refractivity contribution < 1.29 is 14.3 Å². The monoisotopic (exact) mass is 414 g/mol. The second-order valence-electron chi connectivity index (χ2n) is 6.16. The van der Waals surface area contributed by atoms with E-state index in [1.54, 1.807) is 19.1 Å². The van der Waals surface area contributed by atoms with E-state index in [1.807, 2.05) is 42.5 Å². The van der Waals surface area contributed by atoms with E-state index >= 15 is 0 Å². The summed E-state index contributed by atoms with van der Waals surface area (Å²) in [7, 11) is 1.33. The van der Waals surface area contributed by atoms with Crippen molar-refractivity contribution in [1.82, 2.24) is 10.3 Å². The summed E-state index contributed by atoms with van der Waals surface area (Å²) < 4.78 is 4.77. The largest absolute Gasteiger partial charge is 0.469 e. The number of halogens is 1. The van der Waals surface area contributed by atoms with Crippen molar-refractivity contribution in [1.29, 1.82) is 0 Å². The number of methoxy groups -OCH3 is 1. The Morgan fingerprint density at radius 2 is 1.82 bits per heavy atom. The van der Waals surface area contributed by atoms with Crippen LogP contribution in [0.4, 0.5) is 0 Å². The molecule has 0 aliphatic carbocycles. The molecular formula is C21H19ClN2O3S. The predicted molar refractivity (Wildman–Crippen MR) is 111 cm³/mol. The van der Waals surface area contributed by atoms with Gasteiger partial charge in [0.2, 0.25) is 0 Å². The van der Waals surface area contributed by atoms with Gasteiger partial charge >= 0.3 is 5.97 Å². The molecule has 7 heteroatoms. The van der Waals surface area contributed by atoms with E-state index in [-0.39, 0.29) is 12.3 Å². The summed E-state index contributed by atoms with van der Waals surface area (Å²) >= 11 is 7.24. The minimum absolute atomic E-state index is 0.0497. The van der Waals surface area contributed by atoms with Crippen molar-refractivity contribution in [3.05, 3.63) is 75.8 Å². The molecule has 0 saturated carbocycles. The van der Waals surface area contributed by atoms with Crippen LogP contribution in [0.15, 0.2) is 54.6 Å². The molecule has 144 valence electrons. The Bertz CT molecular complexity index is 971. The summed E-state index contributed by atoms with van der Waals surface area (Å²) in [6.45, 7) is 1.79. The summed E-state index contributed by atoms with van der Waals surface area (Å²) in [4.78, 5) is 29.7. The summed E-state index contributed by atoms with van der Waals surface area (Å²) in [5.74, 6) is -0.662. The third-order valence-corrected chi connectivity index (χ3v) is 5.66. The zero-order valence-electron chi connectivity index (χ0n) is 15.4. The fourth-order valence-electron chi connectivity index (χ4n) is 2.73. The van der Waals surface area contributed by atoms with Gasteiger partial charge in [0.15, 0.2) is 0 Å². The average molecular weight is 415 g/mol. The molecule has 1 atom stereocenters. The van der Waals surface area contributed by atoms with Crippen molar-refractivity contribution in [3.63, 3.8) is 0 Å². The zero-order valence-corrected chi connectivity index (χ0v) is 17.0. The summed E-state index contributed by atoms with van der Waals surface area (Å²) in [5.41, 5.74) is 2.37. The number of thiazole rings is 1. The van der Waals surface area contributed by atoms with Crippen molar-refractivity contribution in [2.45, 2.75) is 19.4 Å². The number of rotatable bonds is 6. The van der Waals surface area contributed by atoms with Crippen LogP contribution in [0.1, 0.15) is 33.4 Å². The fourth-order valence-corrected chi connectivity index (χ4v) is 3.84. The second-order valence-corrected chi connectivity index (χ2v) is 7.59. The highest BCUT2D eigenvalue weighted by atomic mass is 35.5. The first-order valence-electron chi connectivity index (χ1n) is 8.64. The summed E-state index contributed by atoms with van der Waals surface area (Å²) in [5, 5.41) is 4.32. The van der Waals surface area contributed by atoms with Crippen LogP contribution in [0.2, 0.25) is 5.02 Å². The molecule has 0 fully saturated rings. The van der Waals surface area contributed by atoms with Crippen molar-refractivity contribution in [3.8, 4) is 10.6 Å². The van der Waals surface area contributed by atoms with Gasteiger partial charge < -0.3 is 10.1 Å². The maximum Gasteiger partial charge on any atom is 0.307 e. The van der Waals surface area contributed by atoms with E-state index in [9.17, 15) is 9.59 Å². The molecule has 0 radical (unpaired) electrons. The number of hydrogen-bond donors (Lipinski definition) is 1. The second kappa shape index (κ2) is 8.99. The van der Waals surface area contributed by atoms with Crippen LogP contribution < -0.4 is 5.32 Å². The maximum absolute atomic E-state index is 12.9. The van der Waals surface area contributed by atoms with Gasteiger partial charge in [0, 0.05) is 10.6 Å². The molecule has 0 bridgehead atoms. The topological polar surface area (TPSA) is 68.3 Å². The normalized spacial score (nSPS) is 11.7. The first-order chi connectivity index (χ1) is 13.5. The number of aryl methyl sites for hydroxylation is 1. The highest BCUT2D eigenvalue weighted by molar-refractivity contribution is 7.17. The van der Waals surface area contributed by atoms with Gasteiger partial charge in [-0.2, -0.15) is 0 Å². The van der Waals surface area contributed by atoms with E-state index in [0.29, 0.717) is 15.6 Å². The lowest BCUT2D eigenvalue weighted by molar-refractivity contribution is -0.141. The van der Waals surface area contributed by atoms with Gasteiger partial charge in [0.25, 0.3) is 5.91 Å². The summed E-state index contributed by atoms with van der Waals surface area (Å²) in [6.07, 6.45) is 0.0497. The smallest absolute Gasteiger partial charge is 0.307 e. The number of nitrogens with zero attached hydrogens (tertiary/aromatic N) is 1. The fraction of sp³-hybridized carbons (Fsp3) is 0.190. The molecule has 1 amide bonds. The van der Waals surface area contributed by atoms with Crippen LogP contribution in [-0.4, -0.2) is 24.0 Å². The van der Waals surface area contributed by atoms with Gasteiger partial charge in [-0.25, -0.2) is 4.98 Å². The van der Waals surface area contributed by atoms with Crippen LogP contribution in [-0.2, 0) is 9.53 Å². The molecule has 1 heterocycles. The molecule has 0 aliphatic rings. The highest BCUT2D eigenvalue weighted by Gasteiger charge is 2.22. The lowest BCUT2D eigenvalue weighted by Crippen LogP contribution is -2.30. The minimum atomic E-state index is -0.485. The number of esters is 1. The molecule has 0 saturated heterocycles. The first-order valence-corrected chi connectivity index (χ1v) is 9.83. The molecule has 28 heavy (non-hydrogen) atoms. The lowest BCUT2D eigenvalue weighted by Gasteiger charge is -2.18. The van der Waals surface area contributed by atoms with E-state index in [1.165, 1.54) is 18.4 Å². The average Bonchev–Trinajstić information content (AvgIpc) is 3.10. The predicted octanol–water partition coefficient (Wildman–Crippen LogP) is 4.81. The van der Waals surface area contributed by atoms with Gasteiger partial charge in [0.1, 0.15) is 9.88 Å². The van der Waals surface area contributed by atoms with Gasteiger partial charge in [-0.05, 0) is 24.6 Å². The van der Waals surface area contributed by atoms with Gasteiger partial charge in [-0.3, -0.25) is 9.59 Å². The Morgan fingerprint density at radius 1 is 1.14 bits per heavy atom. The number of carbonyl (C=O) groups is 2. The number of hydrogen-bond acceptors (Lipinski definition) is 5. The van der Waals surface area contributed by atoms with Crippen molar-refractivity contribution in [2.75, 3.05) is 7.11 Å². The van der Waals surface area contributed by atoms with Gasteiger partial charge in [0.05, 0.1) is 25.3 Å². The maximum atomic E-state index is 12.9. The Labute approximate surface area is 172 Å². The molecule has 1 unspecified atom stereocenters. The van der Waals surface area contributed by atoms with Crippen LogP contribution >= 0.6 is 22.9 Å². The van der Waals surface area contributed by atoms with Crippen LogP contribution in [0, 0.1) is 6.92 Å². The first kappa shape index (κ1) is 20.0. The molecule has 1 N–H and O–H groups in total. The SMILES string of the molecule is COC(=O)CC(NC(=O)c1sc(-c2ccc(Cl)cc2)nc1C)c1ccccc1. The molecule has 3 rings (SSSR count). The number of aromatic nitrogens is 1. The zero-order chi connectivity index (χ0) is 20.1. The Kier molecular flexibility index (Phi) is 6.44. The number of nitrogens with one attached hydrogen (secondary N) is 1. The molecule has 0 spiro atoms. The van der Waals surface area contributed by atoms with Crippen molar-refractivity contribution in [2.24, 2.45) is 0 Å². The molecule has 2 aromatic carbocycles. The standard InChI is InChI=1S/C21H19ClN2O3S/c1-13-19(28-21(23-13)15-8-10-16(22)11-9-15)20(26)24-17(12-18(25)27-2)14-6-4-3-5-7-14/h3-11,17H,12H2,1-2H3,(H,24,26). The summed E-state index contributed by atoms with van der Waals surface area (Å²) in [6, 6.07) is 16.2. The van der Waals surface area contributed by atoms with E-state index in [2.05, 4.69) is 10.3 Å². The number of benzene rings is 2. The molecule has 0 aliphatic heterocycles. The minimum Gasteiger partial charge on any atom is -0.469 e. The number of ether oxygens (including phenoxy) is 1. The third kappa shape index (κ3) is 4.77. The number of carbonyl (C=O) groups excluding carboxylic acids is 2. The Balaban J connectivity index is 1.83. The van der Waals surface area contributed by atoms with Crippen LogP contribution in [0.3, 0.4) is 0 Å². The van der Waals surface area contributed by atoms with E-state index < -0.39 is 12.0 Å². The lowest BCUT2D eigenvalue weighted by atomic mass is 10.0. The molecular weight excluding hydrogens is 396 g/mol. The van der Waals surface area contributed by atoms with Gasteiger partial charge in [-0.15, -0.1) is 11.3 Å². The van der Waals surface area contributed by atoms with E-state index in [4.69, 9.17) is 16.3 Å². The quantitative estimate of drug-likeness (QED) is 0.588. The van der Waals surface area contributed by atoms with Crippen molar-refractivity contribution >= 4 is 34.8 Å². The van der Waals surface area contributed by atoms with Crippen LogP contribution in [0.5, 0.6) is 0 Å². The molecule has 5 nitrogen and oxygen atoms in total. The third-order valence-electron chi connectivity index (χ3n) is 4.20. The Morgan fingerprint density at radius 3 is 2.46 bits per heavy atom.